The number of ether oxygens (including phenoxy) is 3. The van der Waals surface area contributed by atoms with Gasteiger partial charge in [-0.25, -0.2) is 0 Å². The second-order valence-corrected chi connectivity index (χ2v) is 5.56. The lowest BCUT2D eigenvalue weighted by molar-refractivity contribution is -0.132. The van der Waals surface area contributed by atoms with E-state index < -0.39 is 11.9 Å². The summed E-state index contributed by atoms with van der Waals surface area (Å²) in [5.41, 5.74) is 0.899. The predicted molar refractivity (Wildman–Crippen MR) is 104 cm³/mol. The van der Waals surface area contributed by atoms with E-state index in [9.17, 15) is 14.9 Å². The Bertz CT molecular complexity index is 944. The highest BCUT2D eigenvalue weighted by Gasteiger charge is 2.13. The van der Waals surface area contributed by atoms with Gasteiger partial charge in [0, 0.05) is 6.92 Å². The molecule has 7 heteroatoms. The largest absolute Gasteiger partial charge is 0.495 e. The highest BCUT2D eigenvalue weighted by Crippen LogP contribution is 2.30. The molecule has 7 nitrogen and oxygen atoms in total. The van der Waals surface area contributed by atoms with E-state index >= 15 is 0 Å². The van der Waals surface area contributed by atoms with Gasteiger partial charge >= 0.3 is 5.97 Å². The third-order valence-electron chi connectivity index (χ3n) is 3.55. The van der Waals surface area contributed by atoms with Crippen LogP contribution in [-0.2, 0) is 9.59 Å². The first-order valence-corrected chi connectivity index (χ1v) is 8.50. The van der Waals surface area contributed by atoms with Gasteiger partial charge in [-0.15, -0.1) is 0 Å². The standard InChI is InChI=1S/C21H20N2O5/c1-4-27-20-12-15(9-10-19(20)28-14(2)24)11-16(13-22)21(25)23-17-7-5-6-8-18(17)26-3/h5-12H,4H2,1-3H3,(H,23,25). The van der Waals surface area contributed by atoms with Crippen molar-refractivity contribution in [2.45, 2.75) is 13.8 Å². The number of carbonyl (C=O) groups excluding carboxylic acids is 2. The molecule has 28 heavy (non-hydrogen) atoms. The molecule has 0 aliphatic rings. The van der Waals surface area contributed by atoms with Crippen molar-refractivity contribution in [3.63, 3.8) is 0 Å². The summed E-state index contributed by atoms with van der Waals surface area (Å²) in [6.07, 6.45) is 1.42. The molecule has 144 valence electrons. The summed E-state index contributed by atoms with van der Waals surface area (Å²) >= 11 is 0. The van der Waals surface area contributed by atoms with E-state index in [1.807, 2.05) is 6.07 Å². The van der Waals surface area contributed by atoms with Crippen LogP contribution in [0.5, 0.6) is 17.2 Å². The Hall–Kier alpha value is -3.79. The normalized spacial score (nSPS) is 10.6. The molecule has 0 aromatic heterocycles. The van der Waals surface area contributed by atoms with Crippen molar-refractivity contribution >= 4 is 23.6 Å². The molecule has 0 aliphatic heterocycles. The van der Waals surface area contributed by atoms with Gasteiger partial charge in [-0.1, -0.05) is 18.2 Å². The Kier molecular flexibility index (Phi) is 7.17. The second-order valence-electron chi connectivity index (χ2n) is 5.56. The second kappa shape index (κ2) is 9.78. The fraction of sp³-hybridized carbons (Fsp3) is 0.190. The summed E-state index contributed by atoms with van der Waals surface area (Å²) in [7, 11) is 1.49. The van der Waals surface area contributed by atoms with Gasteiger partial charge in [0.25, 0.3) is 5.91 Å². The van der Waals surface area contributed by atoms with E-state index in [4.69, 9.17) is 14.2 Å². The minimum atomic E-state index is -0.575. The molecule has 0 radical (unpaired) electrons. The quantitative estimate of drug-likeness (QED) is 0.341. The predicted octanol–water partition coefficient (Wildman–Crippen LogP) is 3.56. The number of hydrogen-bond donors (Lipinski definition) is 1. The van der Waals surface area contributed by atoms with Gasteiger partial charge in [-0.3, -0.25) is 9.59 Å². The maximum absolute atomic E-state index is 12.5. The van der Waals surface area contributed by atoms with Crippen LogP contribution in [-0.4, -0.2) is 25.6 Å². The van der Waals surface area contributed by atoms with Crippen molar-refractivity contribution in [2.24, 2.45) is 0 Å². The third-order valence-corrected chi connectivity index (χ3v) is 3.55. The maximum atomic E-state index is 12.5. The van der Waals surface area contributed by atoms with Gasteiger partial charge < -0.3 is 19.5 Å². The van der Waals surface area contributed by atoms with Gasteiger partial charge in [-0.05, 0) is 42.8 Å². The van der Waals surface area contributed by atoms with Crippen molar-refractivity contribution in [1.82, 2.24) is 0 Å². The van der Waals surface area contributed by atoms with Crippen LogP contribution in [0.2, 0.25) is 0 Å². The molecule has 0 unspecified atom stereocenters. The van der Waals surface area contributed by atoms with E-state index in [-0.39, 0.29) is 11.3 Å². The van der Waals surface area contributed by atoms with E-state index in [1.165, 1.54) is 20.1 Å². The van der Waals surface area contributed by atoms with Gasteiger partial charge in [0.15, 0.2) is 11.5 Å². The Labute approximate surface area is 163 Å². The summed E-state index contributed by atoms with van der Waals surface area (Å²) in [6.45, 7) is 3.45. The van der Waals surface area contributed by atoms with Crippen molar-refractivity contribution in [2.75, 3.05) is 19.0 Å². The van der Waals surface area contributed by atoms with Gasteiger partial charge in [0.05, 0.1) is 19.4 Å². The summed E-state index contributed by atoms with van der Waals surface area (Å²) < 4.78 is 15.8. The van der Waals surface area contributed by atoms with Crippen molar-refractivity contribution in [1.29, 1.82) is 5.26 Å². The van der Waals surface area contributed by atoms with Gasteiger partial charge in [0.1, 0.15) is 17.4 Å². The van der Waals surface area contributed by atoms with Crippen molar-refractivity contribution < 1.29 is 23.8 Å². The van der Waals surface area contributed by atoms with Crippen LogP contribution in [0.15, 0.2) is 48.0 Å². The molecule has 0 saturated heterocycles. The van der Waals surface area contributed by atoms with Gasteiger partial charge in [-0.2, -0.15) is 5.26 Å². The summed E-state index contributed by atoms with van der Waals surface area (Å²) in [5.74, 6) is 0.0435. The molecule has 0 heterocycles. The first-order chi connectivity index (χ1) is 13.5. The lowest BCUT2D eigenvalue weighted by atomic mass is 10.1. The van der Waals surface area contributed by atoms with Crippen molar-refractivity contribution in [3.05, 3.63) is 53.6 Å². The first kappa shape index (κ1) is 20.5. The highest BCUT2D eigenvalue weighted by molar-refractivity contribution is 6.10. The van der Waals surface area contributed by atoms with Crippen molar-refractivity contribution in [3.8, 4) is 23.3 Å². The molecule has 1 N–H and O–H groups in total. The zero-order chi connectivity index (χ0) is 20.5. The molecule has 0 fully saturated rings. The molecule has 2 aromatic rings. The number of nitriles is 1. The van der Waals surface area contributed by atoms with Crippen LogP contribution < -0.4 is 19.5 Å². The number of amides is 1. The fourth-order valence-electron chi connectivity index (χ4n) is 2.37. The van der Waals surface area contributed by atoms with Crippen LogP contribution in [0.3, 0.4) is 0 Å². The number of carbonyl (C=O) groups is 2. The average Bonchev–Trinajstić information content (AvgIpc) is 2.68. The Morgan fingerprint density at radius 1 is 1.14 bits per heavy atom. The molecular formula is C21H20N2O5. The van der Waals surface area contributed by atoms with Crippen LogP contribution in [0, 0.1) is 11.3 Å². The molecule has 1 amide bonds. The Morgan fingerprint density at radius 3 is 2.54 bits per heavy atom. The number of nitrogens with one attached hydrogen (secondary N) is 1. The van der Waals surface area contributed by atoms with Gasteiger partial charge in [0.2, 0.25) is 0 Å². The number of methoxy groups -OCH3 is 1. The number of anilines is 1. The van der Waals surface area contributed by atoms with Crippen LogP contribution in [0.1, 0.15) is 19.4 Å². The number of rotatable bonds is 7. The summed E-state index contributed by atoms with van der Waals surface area (Å²) in [4.78, 5) is 23.7. The number of nitrogens with zero attached hydrogens (tertiary/aromatic N) is 1. The topological polar surface area (TPSA) is 97.7 Å². The summed E-state index contributed by atoms with van der Waals surface area (Å²) in [5, 5.41) is 12.1. The number of para-hydroxylation sites is 2. The Balaban J connectivity index is 2.30. The first-order valence-electron chi connectivity index (χ1n) is 8.50. The number of benzene rings is 2. The van der Waals surface area contributed by atoms with Crippen LogP contribution in [0.4, 0.5) is 5.69 Å². The van der Waals surface area contributed by atoms with E-state index in [2.05, 4.69) is 5.32 Å². The number of hydrogen-bond acceptors (Lipinski definition) is 6. The lowest BCUT2D eigenvalue weighted by Crippen LogP contribution is -2.14. The smallest absolute Gasteiger partial charge is 0.308 e. The fourth-order valence-corrected chi connectivity index (χ4v) is 2.37. The maximum Gasteiger partial charge on any atom is 0.308 e. The zero-order valence-electron chi connectivity index (χ0n) is 15.8. The molecule has 0 bridgehead atoms. The lowest BCUT2D eigenvalue weighted by Gasteiger charge is -2.11. The van der Waals surface area contributed by atoms with E-state index in [0.717, 1.165) is 0 Å². The number of esters is 1. The third kappa shape index (κ3) is 5.35. The molecule has 0 atom stereocenters. The summed E-state index contributed by atoms with van der Waals surface area (Å²) in [6, 6.07) is 13.5. The minimum Gasteiger partial charge on any atom is -0.495 e. The van der Waals surface area contributed by atoms with Crippen LogP contribution >= 0.6 is 0 Å². The molecule has 0 saturated carbocycles. The molecule has 2 rings (SSSR count). The van der Waals surface area contributed by atoms with E-state index in [0.29, 0.717) is 29.4 Å². The molecule has 2 aromatic carbocycles. The zero-order valence-corrected chi connectivity index (χ0v) is 15.8. The monoisotopic (exact) mass is 380 g/mol. The highest BCUT2D eigenvalue weighted by atomic mass is 16.6. The molecule has 0 aliphatic carbocycles. The van der Waals surface area contributed by atoms with E-state index in [1.54, 1.807) is 49.4 Å². The van der Waals surface area contributed by atoms with Crippen LogP contribution in [0.25, 0.3) is 6.08 Å². The minimum absolute atomic E-state index is 0.103. The average molecular weight is 380 g/mol. The molecular weight excluding hydrogens is 360 g/mol. The Morgan fingerprint density at radius 2 is 1.89 bits per heavy atom. The SMILES string of the molecule is CCOc1cc(C=C(C#N)C(=O)Nc2ccccc2OC)ccc1OC(C)=O. The molecule has 0 spiro atoms.